The summed E-state index contributed by atoms with van der Waals surface area (Å²) in [6.07, 6.45) is 5.02. The number of hydrogen-bond acceptors (Lipinski definition) is 2. The number of likely N-dealkylation sites (tertiary alicyclic amines) is 1. The molecule has 1 aliphatic rings. The van der Waals surface area contributed by atoms with Crippen molar-refractivity contribution in [3.05, 3.63) is 35.4 Å². The molecule has 0 spiro atoms. The summed E-state index contributed by atoms with van der Waals surface area (Å²) >= 11 is 0. The first kappa shape index (κ1) is 19.3. The van der Waals surface area contributed by atoms with Crippen molar-refractivity contribution in [1.29, 1.82) is 0 Å². The first-order valence-electron chi connectivity index (χ1n) is 9.28. The minimum absolute atomic E-state index is 0.0566. The monoisotopic (exact) mass is 344 g/mol. The molecule has 1 aliphatic heterocycles. The zero-order valence-corrected chi connectivity index (χ0v) is 16.1. The van der Waals surface area contributed by atoms with Crippen LogP contribution in [0.15, 0.2) is 29.3 Å². The van der Waals surface area contributed by atoms with Crippen LogP contribution in [0, 0.1) is 5.41 Å². The highest BCUT2D eigenvalue weighted by Crippen LogP contribution is 2.33. The fraction of sp³-hybridized carbons (Fsp3) is 0.600. The number of nitrogens with one attached hydrogen (secondary N) is 2. The molecule has 5 heteroatoms. The Labute approximate surface area is 151 Å². The van der Waals surface area contributed by atoms with Gasteiger partial charge in [-0.05, 0) is 42.4 Å². The second-order valence-electron chi connectivity index (χ2n) is 7.26. The molecule has 5 nitrogen and oxygen atoms in total. The number of hydrogen-bond donors (Lipinski definition) is 2. The summed E-state index contributed by atoms with van der Waals surface area (Å²) in [5.41, 5.74) is 2.21. The number of benzene rings is 1. The van der Waals surface area contributed by atoms with E-state index in [4.69, 9.17) is 0 Å². The molecule has 1 aromatic rings. The van der Waals surface area contributed by atoms with Crippen LogP contribution >= 0.6 is 0 Å². The van der Waals surface area contributed by atoms with Crippen molar-refractivity contribution in [2.75, 3.05) is 27.2 Å². The number of aliphatic imine (C=N–C) groups is 1. The molecule has 1 fully saturated rings. The number of piperidine rings is 1. The Morgan fingerprint density at radius 3 is 2.64 bits per heavy atom. The molecule has 0 bridgehead atoms. The van der Waals surface area contributed by atoms with E-state index in [0.29, 0.717) is 17.5 Å². The third-order valence-electron chi connectivity index (χ3n) is 5.04. The van der Waals surface area contributed by atoms with Gasteiger partial charge in [0, 0.05) is 39.3 Å². The summed E-state index contributed by atoms with van der Waals surface area (Å²) in [5, 5.41) is 6.11. The number of carbonyl (C=O) groups is 1. The summed E-state index contributed by atoms with van der Waals surface area (Å²) in [5.74, 6) is 0.913. The summed E-state index contributed by atoms with van der Waals surface area (Å²) in [4.78, 5) is 18.5. The van der Waals surface area contributed by atoms with Crippen LogP contribution in [0.25, 0.3) is 0 Å². The molecule has 0 aliphatic carbocycles. The van der Waals surface area contributed by atoms with Crippen molar-refractivity contribution in [3.63, 3.8) is 0 Å². The van der Waals surface area contributed by atoms with Gasteiger partial charge >= 0.3 is 0 Å². The Hall–Kier alpha value is -2.04. The van der Waals surface area contributed by atoms with Crippen LogP contribution in [-0.4, -0.2) is 44.0 Å². The molecule has 25 heavy (non-hydrogen) atoms. The smallest absolute Gasteiger partial charge is 0.251 e. The number of guanidine groups is 1. The molecule has 2 rings (SSSR count). The molecule has 1 heterocycles. The van der Waals surface area contributed by atoms with Crippen LogP contribution < -0.4 is 10.6 Å². The molecule has 1 aromatic carbocycles. The van der Waals surface area contributed by atoms with E-state index in [1.165, 1.54) is 25.7 Å². The largest absolute Gasteiger partial charge is 0.355 e. The van der Waals surface area contributed by atoms with E-state index in [0.717, 1.165) is 24.6 Å². The van der Waals surface area contributed by atoms with Crippen molar-refractivity contribution < 1.29 is 4.79 Å². The van der Waals surface area contributed by atoms with Crippen molar-refractivity contribution >= 4 is 11.9 Å². The third kappa shape index (κ3) is 5.21. The zero-order valence-electron chi connectivity index (χ0n) is 16.1. The molecule has 2 N–H and O–H groups in total. The maximum atomic E-state index is 11.6. The minimum atomic E-state index is -0.0566. The standard InChI is InChI=1S/C20H32N4O/c1-5-11-20(2)12-6-13-24(15-20)19(22-4)23-14-16-7-9-17(10-8-16)18(25)21-3/h7-10H,5-6,11-15H2,1-4H3,(H,21,25)(H,22,23). The van der Waals surface area contributed by atoms with Gasteiger partial charge in [-0.15, -0.1) is 0 Å². The summed E-state index contributed by atoms with van der Waals surface area (Å²) in [7, 11) is 3.50. The summed E-state index contributed by atoms with van der Waals surface area (Å²) < 4.78 is 0. The van der Waals surface area contributed by atoms with Gasteiger partial charge in [-0.25, -0.2) is 0 Å². The molecule has 0 saturated carbocycles. The van der Waals surface area contributed by atoms with Crippen LogP contribution in [0.1, 0.15) is 55.5 Å². The number of carbonyl (C=O) groups excluding carboxylic acids is 1. The molecule has 1 atom stereocenters. The average molecular weight is 345 g/mol. The van der Waals surface area contributed by atoms with Gasteiger partial charge < -0.3 is 15.5 Å². The molecule has 0 radical (unpaired) electrons. The molecule has 1 amide bonds. The Morgan fingerprint density at radius 1 is 1.32 bits per heavy atom. The van der Waals surface area contributed by atoms with Gasteiger partial charge in [-0.1, -0.05) is 32.4 Å². The number of rotatable bonds is 5. The first-order chi connectivity index (χ1) is 12.0. The van der Waals surface area contributed by atoms with Gasteiger partial charge in [-0.3, -0.25) is 9.79 Å². The topological polar surface area (TPSA) is 56.7 Å². The molecule has 138 valence electrons. The molecule has 1 saturated heterocycles. The van der Waals surface area contributed by atoms with E-state index < -0.39 is 0 Å². The third-order valence-corrected chi connectivity index (χ3v) is 5.04. The Balaban J connectivity index is 1.95. The zero-order chi connectivity index (χ0) is 18.3. The minimum Gasteiger partial charge on any atom is -0.355 e. The Bertz CT molecular complexity index is 592. The number of amides is 1. The van der Waals surface area contributed by atoms with E-state index in [1.807, 2.05) is 31.3 Å². The maximum absolute atomic E-state index is 11.6. The van der Waals surface area contributed by atoms with Crippen molar-refractivity contribution in [2.45, 2.75) is 46.1 Å². The fourth-order valence-corrected chi connectivity index (χ4v) is 3.74. The van der Waals surface area contributed by atoms with Gasteiger partial charge in [0.1, 0.15) is 0 Å². The quantitative estimate of drug-likeness (QED) is 0.638. The molecular formula is C20H32N4O. The van der Waals surface area contributed by atoms with E-state index in [1.54, 1.807) is 7.05 Å². The van der Waals surface area contributed by atoms with E-state index >= 15 is 0 Å². The van der Waals surface area contributed by atoms with Crippen LogP contribution in [0.4, 0.5) is 0 Å². The van der Waals surface area contributed by atoms with Crippen LogP contribution in [0.2, 0.25) is 0 Å². The van der Waals surface area contributed by atoms with Crippen molar-refractivity contribution in [1.82, 2.24) is 15.5 Å². The van der Waals surface area contributed by atoms with Gasteiger partial charge in [0.15, 0.2) is 5.96 Å². The lowest BCUT2D eigenvalue weighted by Crippen LogP contribution is -2.49. The lowest BCUT2D eigenvalue weighted by atomic mass is 9.78. The van der Waals surface area contributed by atoms with Gasteiger partial charge in [0.05, 0.1) is 0 Å². The highest BCUT2D eigenvalue weighted by Gasteiger charge is 2.31. The van der Waals surface area contributed by atoms with Crippen LogP contribution in [0.5, 0.6) is 0 Å². The van der Waals surface area contributed by atoms with Crippen molar-refractivity contribution in [2.24, 2.45) is 10.4 Å². The van der Waals surface area contributed by atoms with E-state index in [2.05, 4.69) is 34.4 Å². The molecule has 1 unspecified atom stereocenters. The normalized spacial score (nSPS) is 21.1. The Kier molecular flexibility index (Phi) is 6.85. The van der Waals surface area contributed by atoms with E-state index in [-0.39, 0.29) is 5.91 Å². The second kappa shape index (κ2) is 8.88. The van der Waals surface area contributed by atoms with E-state index in [9.17, 15) is 4.79 Å². The highest BCUT2D eigenvalue weighted by molar-refractivity contribution is 5.93. The summed E-state index contributed by atoms with van der Waals surface area (Å²) in [6.45, 7) is 7.50. The van der Waals surface area contributed by atoms with Crippen LogP contribution in [-0.2, 0) is 6.54 Å². The van der Waals surface area contributed by atoms with Gasteiger partial charge in [0.25, 0.3) is 5.91 Å². The number of nitrogens with zero attached hydrogens (tertiary/aromatic N) is 2. The maximum Gasteiger partial charge on any atom is 0.251 e. The predicted octanol–water partition coefficient (Wildman–Crippen LogP) is 3.02. The highest BCUT2D eigenvalue weighted by atomic mass is 16.1. The first-order valence-corrected chi connectivity index (χ1v) is 9.28. The average Bonchev–Trinajstić information content (AvgIpc) is 2.62. The van der Waals surface area contributed by atoms with Crippen LogP contribution in [0.3, 0.4) is 0 Å². The SMILES string of the molecule is CCCC1(C)CCCN(C(=NC)NCc2ccc(C(=O)NC)cc2)C1. The Morgan fingerprint density at radius 2 is 2.04 bits per heavy atom. The van der Waals surface area contributed by atoms with Gasteiger partial charge in [-0.2, -0.15) is 0 Å². The molecule has 0 aromatic heterocycles. The van der Waals surface area contributed by atoms with Gasteiger partial charge in [0.2, 0.25) is 0 Å². The van der Waals surface area contributed by atoms with Crippen molar-refractivity contribution in [3.8, 4) is 0 Å². The summed E-state index contributed by atoms with van der Waals surface area (Å²) in [6, 6.07) is 7.69. The lowest BCUT2D eigenvalue weighted by molar-refractivity contribution is 0.0963. The second-order valence-corrected chi connectivity index (χ2v) is 7.26. The molecular weight excluding hydrogens is 312 g/mol. The predicted molar refractivity (Wildman–Crippen MR) is 104 cm³/mol. The lowest BCUT2D eigenvalue weighted by Gasteiger charge is -2.42. The fourth-order valence-electron chi connectivity index (χ4n) is 3.74.